The fourth-order valence-corrected chi connectivity index (χ4v) is 3.52. The van der Waals surface area contributed by atoms with Crippen molar-refractivity contribution in [1.82, 2.24) is 15.5 Å². The van der Waals surface area contributed by atoms with Gasteiger partial charge < -0.3 is 10.6 Å². The Bertz CT molecular complexity index is 537. The Kier molecular flexibility index (Phi) is 6.81. The SMILES string of the molecule is CCN(CC)Cc1ccccc1CNC(=O)C1NCCCC1(C)C. The maximum atomic E-state index is 12.6. The molecule has 1 unspecified atom stereocenters. The minimum absolute atomic E-state index is 0.0169. The number of nitrogens with one attached hydrogen (secondary N) is 2. The van der Waals surface area contributed by atoms with Gasteiger partial charge in [0.15, 0.2) is 0 Å². The third-order valence-corrected chi connectivity index (χ3v) is 5.25. The van der Waals surface area contributed by atoms with E-state index >= 15 is 0 Å². The van der Waals surface area contributed by atoms with Crippen LogP contribution in [0.5, 0.6) is 0 Å². The number of nitrogens with zero attached hydrogens (tertiary/aromatic N) is 1. The van der Waals surface area contributed by atoms with Gasteiger partial charge >= 0.3 is 0 Å². The lowest BCUT2D eigenvalue weighted by Crippen LogP contribution is -2.55. The van der Waals surface area contributed by atoms with E-state index in [1.165, 1.54) is 11.1 Å². The molecule has 4 nitrogen and oxygen atoms in total. The van der Waals surface area contributed by atoms with Gasteiger partial charge in [-0.3, -0.25) is 9.69 Å². The number of carbonyl (C=O) groups excluding carboxylic acids is 1. The van der Waals surface area contributed by atoms with Crippen LogP contribution in [0.25, 0.3) is 0 Å². The molecule has 0 aromatic heterocycles. The van der Waals surface area contributed by atoms with Crippen molar-refractivity contribution in [3.63, 3.8) is 0 Å². The van der Waals surface area contributed by atoms with Crippen LogP contribution in [0.2, 0.25) is 0 Å². The predicted molar refractivity (Wildman–Crippen MR) is 99.7 cm³/mol. The lowest BCUT2D eigenvalue weighted by atomic mass is 9.77. The molecule has 1 aliphatic rings. The fourth-order valence-electron chi connectivity index (χ4n) is 3.52. The molecule has 0 aliphatic carbocycles. The smallest absolute Gasteiger partial charge is 0.237 e. The Morgan fingerprint density at radius 2 is 1.92 bits per heavy atom. The van der Waals surface area contributed by atoms with E-state index in [4.69, 9.17) is 0 Å². The number of benzene rings is 1. The molecule has 1 aromatic rings. The highest BCUT2D eigenvalue weighted by atomic mass is 16.2. The normalized spacial score (nSPS) is 20.1. The number of hydrogen-bond donors (Lipinski definition) is 2. The fraction of sp³-hybridized carbons (Fsp3) is 0.650. The largest absolute Gasteiger partial charge is 0.351 e. The molecule has 0 radical (unpaired) electrons. The average molecular weight is 332 g/mol. The summed E-state index contributed by atoms with van der Waals surface area (Å²) in [7, 11) is 0. The molecule has 2 rings (SSSR count). The molecule has 1 aromatic carbocycles. The second-order valence-corrected chi connectivity index (χ2v) is 7.43. The van der Waals surface area contributed by atoms with E-state index in [2.05, 4.69) is 67.5 Å². The van der Waals surface area contributed by atoms with Crippen molar-refractivity contribution in [3.8, 4) is 0 Å². The Morgan fingerprint density at radius 1 is 1.25 bits per heavy atom. The van der Waals surface area contributed by atoms with E-state index in [1.807, 2.05) is 0 Å². The van der Waals surface area contributed by atoms with Crippen LogP contribution in [-0.2, 0) is 17.9 Å². The number of carbonyl (C=O) groups is 1. The van der Waals surface area contributed by atoms with Crippen LogP contribution in [-0.4, -0.2) is 36.5 Å². The van der Waals surface area contributed by atoms with Crippen molar-refractivity contribution in [2.24, 2.45) is 5.41 Å². The van der Waals surface area contributed by atoms with Crippen LogP contribution in [0.3, 0.4) is 0 Å². The third kappa shape index (κ3) is 4.81. The molecule has 0 spiro atoms. The summed E-state index contributed by atoms with van der Waals surface area (Å²) in [6, 6.07) is 8.33. The first-order valence-corrected chi connectivity index (χ1v) is 9.28. The molecule has 134 valence electrons. The molecule has 1 saturated heterocycles. The maximum Gasteiger partial charge on any atom is 0.237 e. The molecule has 0 bridgehead atoms. The first-order chi connectivity index (χ1) is 11.5. The van der Waals surface area contributed by atoms with Gasteiger partial charge in [-0.25, -0.2) is 0 Å². The van der Waals surface area contributed by atoms with Crippen molar-refractivity contribution in [2.45, 2.75) is 59.7 Å². The van der Waals surface area contributed by atoms with Gasteiger partial charge in [0.1, 0.15) is 0 Å². The van der Waals surface area contributed by atoms with Crippen LogP contribution in [0.1, 0.15) is 51.7 Å². The molecular formula is C20H33N3O. The number of rotatable bonds is 7. The van der Waals surface area contributed by atoms with Crippen molar-refractivity contribution in [1.29, 1.82) is 0 Å². The van der Waals surface area contributed by atoms with Crippen LogP contribution < -0.4 is 10.6 Å². The van der Waals surface area contributed by atoms with Crippen molar-refractivity contribution < 1.29 is 4.79 Å². The van der Waals surface area contributed by atoms with Gasteiger partial charge in [0.05, 0.1) is 6.04 Å². The van der Waals surface area contributed by atoms with Gasteiger partial charge in [-0.1, -0.05) is 52.0 Å². The van der Waals surface area contributed by atoms with Crippen LogP contribution in [0.4, 0.5) is 0 Å². The summed E-state index contributed by atoms with van der Waals surface area (Å²) in [5.74, 6) is 0.123. The summed E-state index contributed by atoms with van der Waals surface area (Å²) in [6.45, 7) is 13.3. The lowest BCUT2D eigenvalue weighted by molar-refractivity contribution is -0.126. The van der Waals surface area contributed by atoms with E-state index in [9.17, 15) is 4.79 Å². The minimum atomic E-state index is -0.0961. The second kappa shape index (κ2) is 8.63. The summed E-state index contributed by atoms with van der Waals surface area (Å²) in [6.07, 6.45) is 2.24. The molecule has 0 saturated carbocycles. The topological polar surface area (TPSA) is 44.4 Å². The molecule has 1 aliphatic heterocycles. The van der Waals surface area contributed by atoms with E-state index in [-0.39, 0.29) is 17.4 Å². The Morgan fingerprint density at radius 3 is 2.54 bits per heavy atom. The van der Waals surface area contributed by atoms with Gasteiger partial charge in [0.25, 0.3) is 0 Å². The van der Waals surface area contributed by atoms with E-state index < -0.39 is 0 Å². The highest BCUT2D eigenvalue weighted by molar-refractivity contribution is 5.82. The molecule has 2 N–H and O–H groups in total. The zero-order chi connectivity index (χ0) is 17.6. The second-order valence-electron chi connectivity index (χ2n) is 7.43. The van der Waals surface area contributed by atoms with Gasteiger partial charge in [-0.2, -0.15) is 0 Å². The first-order valence-electron chi connectivity index (χ1n) is 9.28. The molecule has 1 atom stereocenters. The lowest BCUT2D eigenvalue weighted by Gasteiger charge is -2.38. The molecule has 1 fully saturated rings. The van der Waals surface area contributed by atoms with Gasteiger partial charge in [0, 0.05) is 13.1 Å². The maximum absolute atomic E-state index is 12.6. The van der Waals surface area contributed by atoms with Crippen LogP contribution in [0.15, 0.2) is 24.3 Å². The summed E-state index contributed by atoms with van der Waals surface area (Å²) in [5, 5.41) is 6.54. The third-order valence-electron chi connectivity index (χ3n) is 5.25. The summed E-state index contributed by atoms with van der Waals surface area (Å²) in [4.78, 5) is 15.0. The minimum Gasteiger partial charge on any atom is -0.351 e. The summed E-state index contributed by atoms with van der Waals surface area (Å²) >= 11 is 0. The zero-order valence-electron chi connectivity index (χ0n) is 15.7. The van der Waals surface area contributed by atoms with Gasteiger partial charge in [-0.15, -0.1) is 0 Å². The highest BCUT2D eigenvalue weighted by Crippen LogP contribution is 2.30. The standard InChI is InChI=1S/C20H33N3O/c1-5-23(6-2)15-17-11-8-7-10-16(17)14-22-19(24)18-20(3,4)12-9-13-21-18/h7-8,10-11,18,21H,5-6,9,12-15H2,1-4H3,(H,22,24). The molecule has 4 heteroatoms. The van der Waals surface area contributed by atoms with E-state index in [0.717, 1.165) is 39.0 Å². The summed E-state index contributed by atoms with van der Waals surface area (Å²) in [5.41, 5.74) is 2.53. The molecular weight excluding hydrogens is 298 g/mol. The Hall–Kier alpha value is -1.39. The monoisotopic (exact) mass is 331 g/mol. The number of amides is 1. The van der Waals surface area contributed by atoms with E-state index in [1.54, 1.807) is 0 Å². The molecule has 24 heavy (non-hydrogen) atoms. The van der Waals surface area contributed by atoms with Crippen molar-refractivity contribution >= 4 is 5.91 Å². The van der Waals surface area contributed by atoms with E-state index in [0.29, 0.717) is 6.54 Å². The van der Waals surface area contributed by atoms with Crippen LogP contribution in [0, 0.1) is 5.41 Å². The predicted octanol–water partition coefficient (Wildman–Crippen LogP) is 2.92. The number of hydrogen-bond acceptors (Lipinski definition) is 3. The first kappa shape index (κ1) is 18.9. The Balaban J connectivity index is 2.00. The van der Waals surface area contributed by atoms with Gasteiger partial charge in [0.2, 0.25) is 5.91 Å². The molecule has 1 heterocycles. The number of piperidine rings is 1. The van der Waals surface area contributed by atoms with Crippen molar-refractivity contribution in [3.05, 3.63) is 35.4 Å². The van der Waals surface area contributed by atoms with Gasteiger partial charge in [-0.05, 0) is 49.0 Å². The Labute approximate surface area is 147 Å². The van der Waals surface area contributed by atoms with Crippen molar-refractivity contribution in [2.75, 3.05) is 19.6 Å². The quantitative estimate of drug-likeness (QED) is 0.807. The van der Waals surface area contributed by atoms with Crippen LogP contribution >= 0.6 is 0 Å². The zero-order valence-corrected chi connectivity index (χ0v) is 15.7. The average Bonchev–Trinajstić information content (AvgIpc) is 2.58. The highest BCUT2D eigenvalue weighted by Gasteiger charge is 2.36. The summed E-state index contributed by atoms with van der Waals surface area (Å²) < 4.78 is 0. The molecule has 1 amide bonds.